The van der Waals surface area contributed by atoms with Gasteiger partial charge in [-0.3, -0.25) is 9.48 Å². The van der Waals surface area contributed by atoms with E-state index < -0.39 is 11.7 Å². The molecule has 0 radical (unpaired) electrons. The molecule has 118 valence electrons. The number of carbonyl (C=O) groups is 2. The number of ether oxygens (including phenoxy) is 1. The zero-order chi connectivity index (χ0) is 16.4. The van der Waals surface area contributed by atoms with Crippen LogP contribution in [-0.4, -0.2) is 33.3 Å². The summed E-state index contributed by atoms with van der Waals surface area (Å²) in [4.78, 5) is 24.0. The smallest absolute Gasteiger partial charge is 0.407 e. The lowest BCUT2D eigenvalue weighted by Crippen LogP contribution is -2.38. The molecule has 0 bridgehead atoms. The van der Waals surface area contributed by atoms with E-state index in [-0.39, 0.29) is 18.2 Å². The first-order valence-electron chi connectivity index (χ1n) is 7.04. The van der Waals surface area contributed by atoms with Crippen LogP contribution in [-0.2, 0) is 11.8 Å². The van der Waals surface area contributed by atoms with Gasteiger partial charge in [0.2, 0.25) is 0 Å². The molecule has 0 aliphatic heterocycles. The molecule has 6 nitrogen and oxygen atoms in total. The van der Waals surface area contributed by atoms with Crippen molar-refractivity contribution in [2.75, 3.05) is 0 Å². The average Bonchev–Trinajstić information content (AvgIpc) is 2.49. The number of carbonyl (C=O) groups excluding carboxylic acids is 2. The Morgan fingerprint density at radius 2 is 1.90 bits per heavy atom. The van der Waals surface area contributed by atoms with Crippen LogP contribution in [0.2, 0.25) is 0 Å². The van der Waals surface area contributed by atoms with Crippen molar-refractivity contribution in [2.24, 2.45) is 7.05 Å². The summed E-state index contributed by atoms with van der Waals surface area (Å²) < 4.78 is 6.86. The highest BCUT2D eigenvalue weighted by Gasteiger charge is 2.22. The topological polar surface area (TPSA) is 73.2 Å². The fourth-order valence-electron chi connectivity index (χ4n) is 2.12. The first-order chi connectivity index (χ1) is 9.51. The number of nitrogens with zero attached hydrogens (tertiary/aromatic N) is 2. The number of aryl methyl sites for hydroxylation is 2. The van der Waals surface area contributed by atoms with Crippen molar-refractivity contribution in [3.05, 3.63) is 17.0 Å². The number of alkyl carbamates (subject to hydrolysis) is 1. The summed E-state index contributed by atoms with van der Waals surface area (Å²) in [7, 11) is 1.81. The number of rotatable bonds is 4. The molecule has 0 aliphatic rings. The van der Waals surface area contributed by atoms with Crippen LogP contribution in [0.25, 0.3) is 0 Å². The van der Waals surface area contributed by atoms with Crippen molar-refractivity contribution in [1.82, 2.24) is 15.1 Å². The molecular formula is C15H25N3O3. The molecule has 21 heavy (non-hydrogen) atoms. The van der Waals surface area contributed by atoms with Gasteiger partial charge < -0.3 is 10.1 Å². The summed E-state index contributed by atoms with van der Waals surface area (Å²) in [6.07, 6.45) is -0.297. The standard InChI is InChI=1S/C15H25N3O3/c1-9(16-14(20)21-15(4,5)6)8-12(19)13-10(2)17-18(7)11(13)3/h9H,8H2,1-7H3,(H,16,20). The van der Waals surface area contributed by atoms with Gasteiger partial charge >= 0.3 is 6.09 Å². The number of Topliss-reactive ketones (excluding diaryl/α,β-unsaturated/α-hetero) is 1. The summed E-state index contributed by atoms with van der Waals surface area (Å²) in [5.41, 5.74) is 1.63. The molecule has 1 aromatic heterocycles. The van der Waals surface area contributed by atoms with E-state index in [9.17, 15) is 9.59 Å². The lowest BCUT2D eigenvalue weighted by molar-refractivity contribution is 0.0506. The van der Waals surface area contributed by atoms with Crippen molar-refractivity contribution in [1.29, 1.82) is 0 Å². The second-order valence-electron chi connectivity index (χ2n) is 6.34. The van der Waals surface area contributed by atoms with E-state index in [1.807, 2.05) is 20.9 Å². The number of hydrogen-bond donors (Lipinski definition) is 1. The Balaban J connectivity index is 2.65. The summed E-state index contributed by atoms with van der Waals surface area (Å²) in [5.74, 6) is -0.0262. The van der Waals surface area contributed by atoms with Gasteiger partial charge in [-0.05, 0) is 41.5 Å². The molecule has 0 aromatic carbocycles. The van der Waals surface area contributed by atoms with Crippen LogP contribution in [0.4, 0.5) is 4.79 Å². The average molecular weight is 295 g/mol. The highest BCUT2D eigenvalue weighted by atomic mass is 16.6. The Morgan fingerprint density at radius 3 is 2.33 bits per heavy atom. The molecular weight excluding hydrogens is 270 g/mol. The molecule has 1 N–H and O–H groups in total. The van der Waals surface area contributed by atoms with E-state index in [1.54, 1.807) is 32.4 Å². The van der Waals surface area contributed by atoms with Gasteiger partial charge in [-0.1, -0.05) is 0 Å². The quantitative estimate of drug-likeness (QED) is 0.866. The summed E-state index contributed by atoms with van der Waals surface area (Å²) in [5, 5.41) is 6.91. The van der Waals surface area contributed by atoms with Gasteiger partial charge in [-0.25, -0.2) is 4.79 Å². The Kier molecular flexibility index (Phi) is 5.15. The fraction of sp³-hybridized carbons (Fsp3) is 0.667. The third-order valence-electron chi connectivity index (χ3n) is 3.04. The third-order valence-corrected chi connectivity index (χ3v) is 3.04. The monoisotopic (exact) mass is 295 g/mol. The maximum Gasteiger partial charge on any atom is 0.407 e. The van der Waals surface area contributed by atoms with Gasteiger partial charge in [0.15, 0.2) is 5.78 Å². The van der Waals surface area contributed by atoms with E-state index in [1.165, 1.54) is 0 Å². The van der Waals surface area contributed by atoms with Crippen LogP contribution in [0.15, 0.2) is 0 Å². The molecule has 1 aromatic rings. The molecule has 0 spiro atoms. The summed E-state index contributed by atoms with van der Waals surface area (Å²) in [6, 6.07) is -0.300. The van der Waals surface area contributed by atoms with Crippen molar-refractivity contribution < 1.29 is 14.3 Å². The molecule has 1 unspecified atom stereocenters. The molecule has 0 fully saturated rings. The van der Waals surface area contributed by atoms with Crippen LogP contribution >= 0.6 is 0 Å². The van der Waals surface area contributed by atoms with E-state index in [4.69, 9.17) is 4.74 Å². The first-order valence-corrected chi connectivity index (χ1v) is 7.04. The summed E-state index contributed by atoms with van der Waals surface area (Å²) in [6.45, 7) is 10.8. The normalized spacial score (nSPS) is 12.9. The molecule has 1 amide bonds. The third kappa shape index (κ3) is 4.88. The minimum absolute atomic E-state index is 0.0262. The molecule has 6 heteroatoms. The number of amides is 1. The largest absolute Gasteiger partial charge is 0.444 e. The lowest BCUT2D eigenvalue weighted by atomic mass is 10.0. The number of hydrogen-bond acceptors (Lipinski definition) is 4. The van der Waals surface area contributed by atoms with Crippen molar-refractivity contribution >= 4 is 11.9 Å². The molecule has 0 aliphatic carbocycles. The van der Waals surface area contributed by atoms with Crippen molar-refractivity contribution in [3.63, 3.8) is 0 Å². The van der Waals surface area contributed by atoms with Gasteiger partial charge in [0, 0.05) is 25.2 Å². The van der Waals surface area contributed by atoms with Gasteiger partial charge in [0.25, 0.3) is 0 Å². The van der Waals surface area contributed by atoms with Crippen molar-refractivity contribution in [2.45, 2.75) is 59.6 Å². The molecule has 1 heterocycles. The predicted molar refractivity (Wildman–Crippen MR) is 80.5 cm³/mol. The SMILES string of the molecule is Cc1nn(C)c(C)c1C(=O)CC(C)NC(=O)OC(C)(C)C. The second kappa shape index (κ2) is 6.28. The Hall–Kier alpha value is -1.85. The predicted octanol–water partition coefficient (Wildman–Crippen LogP) is 2.52. The van der Waals surface area contributed by atoms with E-state index in [0.717, 1.165) is 5.69 Å². The van der Waals surface area contributed by atoms with Crippen LogP contribution in [0.1, 0.15) is 55.9 Å². The van der Waals surface area contributed by atoms with Crippen LogP contribution in [0, 0.1) is 13.8 Å². The van der Waals surface area contributed by atoms with E-state index in [0.29, 0.717) is 11.3 Å². The van der Waals surface area contributed by atoms with Crippen LogP contribution < -0.4 is 5.32 Å². The highest BCUT2D eigenvalue weighted by Crippen LogP contribution is 2.15. The maximum atomic E-state index is 12.3. The van der Waals surface area contributed by atoms with Gasteiger partial charge in [0.1, 0.15) is 5.60 Å². The number of nitrogens with one attached hydrogen (secondary N) is 1. The maximum absolute atomic E-state index is 12.3. The molecule has 1 atom stereocenters. The Morgan fingerprint density at radius 1 is 1.33 bits per heavy atom. The van der Waals surface area contributed by atoms with E-state index >= 15 is 0 Å². The number of aromatic nitrogens is 2. The fourth-order valence-corrected chi connectivity index (χ4v) is 2.12. The first kappa shape index (κ1) is 17.2. The van der Waals surface area contributed by atoms with Crippen LogP contribution in [0.5, 0.6) is 0 Å². The minimum atomic E-state index is -0.551. The van der Waals surface area contributed by atoms with Crippen LogP contribution in [0.3, 0.4) is 0 Å². The highest BCUT2D eigenvalue weighted by molar-refractivity contribution is 5.98. The summed E-state index contributed by atoms with van der Waals surface area (Å²) >= 11 is 0. The number of ketones is 1. The Labute approximate surface area is 125 Å². The zero-order valence-corrected chi connectivity index (χ0v) is 13.9. The second-order valence-corrected chi connectivity index (χ2v) is 6.34. The van der Waals surface area contributed by atoms with E-state index in [2.05, 4.69) is 10.4 Å². The van der Waals surface area contributed by atoms with Gasteiger partial charge in [-0.2, -0.15) is 5.10 Å². The van der Waals surface area contributed by atoms with Crippen molar-refractivity contribution in [3.8, 4) is 0 Å². The zero-order valence-electron chi connectivity index (χ0n) is 13.9. The Bertz CT molecular complexity index is 541. The minimum Gasteiger partial charge on any atom is -0.444 e. The molecule has 1 rings (SSSR count). The van der Waals surface area contributed by atoms with Gasteiger partial charge in [-0.15, -0.1) is 0 Å². The lowest BCUT2D eigenvalue weighted by Gasteiger charge is -2.21. The van der Waals surface area contributed by atoms with Gasteiger partial charge in [0.05, 0.1) is 11.3 Å². The molecule has 0 saturated heterocycles. The molecule has 0 saturated carbocycles.